The summed E-state index contributed by atoms with van der Waals surface area (Å²) in [5.74, 6) is 0.155. The number of sulfonamides is 1. The first-order valence-electron chi connectivity index (χ1n) is 9.57. The van der Waals surface area contributed by atoms with Gasteiger partial charge in [0.1, 0.15) is 17.2 Å². The van der Waals surface area contributed by atoms with E-state index in [-0.39, 0.29) is 29.0 Å². The Labute approximate surface area is 173 Å². The lowest BCUT2D eigenvalue weighted by atomic mass is 10.1. The first-order chi connectivity index (χ1) is 13.5. The molecule has 6 nitrogen and oxygen atoms in total. The SMILES string of the molecule is COc1ccc(C)cc1S(=O)(=O)N(CC(=O)NCC(C)C)c1cc(C)cc(C)c1. The predicted molar refractivity (Wildman–Crippen MR) is 116 cm³/mol. The number of amides is 1. The van der Waals surface area contributed by atoms with Gasteiger partial charge in [-0.15, -0.1) is 0 Å². The smallest absolute Gasteiger partial charge is 0.268 e. The van der Waals surface area contributed by atoms with Crippen LogP contribution < -0.4 is 14.4 Å². The van der Waals surface area contributed by atoms with Crippen molar-refractivity contribution in [3.8, 4) is 5.75 Å². The molecule has 0 aliphatic carbocycles. The van der Waals surface area contributed by atoms with Gasteiger partial charge in [0.15, 0.2) is 0 Å². The number of methoxy groups -OCH3 is 1. The standard InChI is InChI=1S/C22H30N2O4S/c1-15(2)13-23-22(25)14-24(19-10-17(4)9-18(5)11-19)29(26,27)21-12-16(3)7-8-20(21)28-6/h7-12,15H,13-14H2,1-6H3,(H,23,25). The van der Waals surface area contributed by atoms with Crippen LogP contribution in [0.25, 0.3) is 0 Å². The van der Waals surface area contributed by atoms with Crippen molar-refractivity contribution in [1.82, 2.24) is 5.32 Å². The zero-order valence-corrected chi connectivity index (χ0v) is 18.8. The molecule has 1 amide bonds. The van der Waals surface area contributed by atoms with Crippen molar-refractivity contribution < 1.29 is 17.9 Å². The van der Waals surface area contributed by atoms with Crippen molar-refractivity contribution in [2.24, 2.45) is 5.92 Å². The van der Waals surface area contributed by atoms with E-state index in [0.717, 1.165) is 21.0 Å². The summed E-state index contributed by atoms with van der Waals surface area (Å²) in [6, 6.07) is 10.5. The molecule has 0 aromatic heterocycles. The van der Waals surface area contributed by atoms with Crippen LogP contribution in [-0.2, 0) is 14.8 Å². The van der Waals surface area contributed by atoms with Gasteiger partial charge in [0.25, 0.3) is 10.0 Å². The van der Waals surface area contributed by atoms with Gasteiger partial charge >= 0.3 is 0 Å². The highest BCUT2D eigenvalue weighted by molar-refractivity contribution is 7.93. The molecule has 2 rings (SSSR count). The lowest BCUT2D eigenvalue weighted by molar-refractivity contribution is -0.119. The van der Waals surface area contributed by atoms with Gasteiger partial charge in [-0.2, -0.15) is 0 Å². The van der Waals surface area contributed by atoms with Gasteiger partial charge in [-0.25, -0.2) is 8.42 Å². The molecular formula is C22H30N2O4S. The number of benzene rings is 2. The van der Waals surface area contributed by atoms with Gasteiger partial charge in [0.2, 0.25) is 5.91 Å². The molecule has 158 valence electrons. The van der Waals surface area contributed by atoms with Crippen LogP contribution in [0.15, 0.2) is 41.3 Å². The van der Waals surface area contributed by atoms with Gasteiger partial charge < -0.3 is 10.1 Å². The molecule has 0 saturated heterocycles. The number of rotatable bonds is 8. The largest absolute Gasteiger partial charge is 0.495 e. The van der Waals surface area contributed by atoms with Crippen molar-refractivity contribution in [3.63, 3.8) is 0 Å². The number of nitrogens with zero attached hydrogens (tertiary/aromatic N) is 1. The first kappa shape index (κ1) is 22.7. The van der Waals surface area contributed by atoms with Gasteiger partial charge in [0, 0.05) is 6.54 Å². The van der Waals surface area contributed by atoms with Crippen molar-refractivity contribution in [2.45, 2.75) is 39.5 Å². The van der Waals surface area contributed by atoms with E-state index >= 15 is 0 Å². The molecule has 0 fully saturated rings. The first-order valence-corrected chi connectivity index (χ1v) is 11.0. The second kappa shape index (κ2) is 9.31. The van der Waals surface area contributed by atoms with E-state index < -0.39 is 10.0 Å². The summed E-state index contributed by atoms with van der Waals surface area (Å²) >= 11 is 0. The third-order valence-electron chi connectivity index (χ3n) is 4.38. The second-order valence-electron chi connectivity index (χ2n) is 7.71. The maximum absolute atomic E-state index is 13.6. The van der Waals surface area contributed by atoms with Crippen LogP contribution in [0.2, 0.25) is 0 Å². The normalized spacial score (nSPS) is 11.4. The van der Waals surface area contributed by atoms with E-state index in [1.54, 1.807) is 30.3 Å². The van der Waals surface area contributed by atoms with Gasteiger partial charge in [-0.05, 0) is 67.6 Å². The van der Waals surface area contributed by atoms with E-state index in [1.165, 1.54) is 7.11 Å². The molecular weight excluding hydrogens is 388 g/mol. The molecule has 0 unspecified atom stereocenters. The fourth-order valence-electron chi connectivity index (χ4n) is 3.02. The quantitative estimate of drug-likeness (QED) is 0.711. The van der Waals surface area contributed by atoms with Crippen LogP contribution in [-0.4, -0.2) is 34.5 Å². The number of carbonyl (C=O) groups is 1. The number of anilines is 1. The number of carbonyl (C=O) groups excluding carboxylic acids is 1. The van der Waals surface area contributed by atoms with Crippen LogP contribution in [0.1, 0.15) is 30.5 Å². The van der Waals surface area contributed by atoms with Crippen LogP contribution in [0.3, 0.4) is 0 Å². The molecule has 1 N–H and O–H groups in total. The maximum atomic E-state index is 13.6. The van der Waals surface area contributed by atoms with E-state index in [0.29, 0.717) is 12.2 Å². The Morgan fingerprint density at radius 1 is 1.03 bits per heavy atom. The Morgan fingerprint density at radius 2 is 1.66 bits per heavy atom. The molecule has 29 heavy (non-hydrogen) atoms. The number of ether oxygens (including phenoxy) is 1. The Morgan fingerprint density at radius 3 is 2.21 bits per heavy atom. The molecule has 7 heteroatoms. The maximum Gasteiger partial charge on any atom is 0.268 e. The highest BCUT2D eigenvalue weighted by Crippen LogP contribution is 2.31. The van der Waals surface area contributed by atoms with Crippen LogP contribution >= 0.6 is 0 Å². The minimum atomic E-state index is -4.04. The Hall–Kier alpha value is -2.54. The van der Waals surface area contributed by atoms with Crippen molar-refractivity contribution >= 4 is 21.6 Å². The summed E-state index contributed by atoms with van der Waals surface area (Å²) in [5, 5.41) is 2.80. The lowest BCUT2D eigenvalue weighted by Crippen LogP contribution is -2.42. The van der Waals surface area contributed by atoms with Crippen molar-refractivity contribution in [2.75, 3.05) is 24.5 Å². The van der Waals surface area contributed by atoms with E-state index in [9.17, 15) is 13.2 Å². The van der Waals surface area contributed by atoms with Crippen LogP contribution in [0, 0.1) is 26.7 Å². The number of nitrogens with one attached hydrogen (secondary N) is 1. The minimum absolute atomic E-state index is 0.0378. The molecule has 0 saturated carbocycles. The molecule has 0 spiro atoms. The summed E-state index contributed by atoms with van der Waals surface area (Å²) in [5.41, 5.74) is 3.07. The average molecular weight is 419 g/mol. The van der Waals surface area contributed by atoms with Crippen LogP contribution in [0.5, 0.6) is 5.75 Å². The van der Waals surface area contributed by atoms with E-state index in [4.69, 9.17) is 4.74 Å². The Balaban J connectivity index is 2.57. The molecule has 2 aromatic rings. The second-order valence-corrected chi connectivity index (χ2v) is 9.54. The number of aryl methyl sites for hydroxylation is 3. The van der Waals surface area contributed by atoms with E-state index in [2.05, 4.69) is 5.32 Å². The lowest BCUT2D eigenvalue weighted by Gasteiger charge is -2.26. The fourth-order valence-corrected chi connectivity index (χ4v) is 4.67. The average Bonchev–Trinajstić information content (AvgIpc) is 2.63. The Kier molecular flexibility index (Phi) is 7.30. The van der Waals surface area contributed by atoms with Gasteiger partial charge in [-0.1, -0.05) is 26.0 Å². The molecule has 0 radical (unpaired) electrons. The molecule has 0 aliphatic heterocycles. The highest BCUT2D eigenvalue weighted by atomic mass is 32.2. The molecule has 0 bridgehead atoms. The molecule has 0 atom stereocenters. The topological polar surface area (TPSA) is 75.7 Å². The fraction of sp³-hybridized carbons (Fsp3) is 0.409. The number of hydrogen-bond donors (Lipinski definition) is 1. The van der Waals surface area contributed by atoms with Gasteiger partial charge in [-0.3, -0.25) is 9.10 Å². The minimum Gasteiger partial charge on any atom is -0.495 e. The summed E-state index contributed by atoms with van der Waals surface area (Å²) < 4.78 is 33.7. The monoisotopic (exact) mass is 418 g/mol. The molecule has 2 aromatic carbocycles. The van der Waals surface area contributed by atoms with E-state index in [1.807, 2.05) is 40.7 Å². The van der Waals surface area contributed by atoms with Crippen molar-refractivity contribution in [3.05, 3.63) is 53.1 Å². The number of hydrogen-bond acceptors (Lipinski definition) is 4. The Bertz CT molecular complexity index is 964. The summed E-state index contributed by atoms with van der Waals surface area (Å²) in [6.45, 7) is 9.74. The zero-order valence-electron chi connectivity index (χ0n) is 17.9. The third kappa shape index (κ3) is 5.73. The van der Waals surface area contributed by atoms with Crippen molar-refractivity contribution in [1.29, 1.82) is 0 Å². The predicted octanol–water partition coefficient (Wildman–Crippen LogP) is 3.59. The molecule has 0 aliphatic rings. The van der Waals surface area contributed by atoms with Crippen LogP contribution in [0.4, 0.5) is 5.69 Å². The highest BCUT2D eigenvalue weighted by Gasteiger charge is 2.30. The summed E-state index contributed by atoms with van der Waals surface area (Å²) in [7, 11) is -2.61. The summed E-state index contributed by atoms with van der Waals surface area (Å²) in [4.78, 5) is 12.6. The third-order valence-corrected chi connectivity index (χ3v) is 6.17. The van der Waals surface area contributed by atoms with Gasteiger partial charge in [0.05, 0.1) is 12.8 Å². The summed E-state index contributed by atoms with van der Waals surface area (Å²) in [6.07, 6.45) is 0. The zero-order chi connectivity index (χ0) is 21.8. The molecule has 0 heterocycles.